The first-order valence-electron chi connectivity index (χ1n) is 6.26. The third-order valence-corrected chi connectivity index (χ3v) is 5.53. The fourth-order valence-corrected chi connectivity index (χ4v) is 3.93. The average molecular weight is 329 g/mol. The molecule has 0 saturated carbocycles. The minimum Gasteiger partial charge on any atom is -0.326 e. The predicted octanol–water partition coefficient (Wildman–Crippen LogP) is 2.09. The molecule has 2 aromatic rings. The van der Waals surface area contributed by atoms with Crippen LogP contribution in [0.15, 0.2) is 29.3 Å². The van der Waals surface area contributed by atoms with Crippen molar-refractivity contribution in [2.24, 2.45) is 5.73 Å². The minimum atomic E-state index is -3.95. The maximum absolute atomic E-state index is 13.9. The molecule has 1 heterocycles. The number of halogens is 1. The van der Waals surface area contributed by atoms with E-state index in [1.165, 1.54) is 23.5 Å². The highest BCUT2D eigenvalue weighted by molar-refractivity contribution is 7.89. The van der Waals surface area contributed by atoms with E-state index in [9.17, 15) is 12.8 Å². The molecule has 0 saturated heterocycles. The summed E-state index contributed by atoms with van der Waals surface area (Å²) in [5.41, 5.74) is 5.94. The zero-order chi connectivity index (χ0) is 15.6. The molecule has 1 atom stereocenters. The third kappa shape index (κ3) is 3.65. The summed E-state index contributed by atoms with van der Waals surface area (Å²) in [4.78, 5) is 4.72. The van der Waals surface area contributed by atoms with Crippen LogP contribution in [0, 0.1) is 12.7 Å². The molecule has 0 aliphatic carbocycles. The van der Waals surface area contributed by atoms with Crippen molar-refractivity contribution in [2.45, 2.75) is 31.3 Å². The quantitative estimate of drug-likeness (QED) is 0.879. The van der Waals surface area contributed by atoms with Gasteiger partial charge in [0.25, 0.3) is 0 Å². The fraction of sp³-hybridized carbons (Fsp3) is 0.308. The average Bonchev–Trinajstić information content (AvgIpc) is 2.84. The molecule has 0 spiro atoms. The summed E-state index contributed by atoms with van der Waals surface area (Å²) in [6.07, 6.45) is 1.67. The normalized spacial score (nSPS) is 13.3. The van der Waals surface area contributed by atoms with E-state index in [0.29, 0.717) is 10.6 Å². The predicted molar refractivity (Wildman–Crippen MR) is 79.9 cm³/mol. The molecule has 0 radical (unpaired) electrons. The molecule has 3 N–H and O–H groups in total. The molecule has 1 unspecified atom stereocenters. The summed E-state index contributed by atoms with van der Waals surface area (Å²) in [6.45, 7) is 3.70. The van der Waals surface area contributed by atoms with Gasteiger partial charge in [0.05, 0.1) is 6.04 Å². The second-order valence-corrected chi connectivity index (χ2v) is 7.57. The molecule has 21 heavy (non-hydrogen) atoms. The van der Waals surface area contributed by atoms with E-state index in [4.69, 9.17) is 5.73 Å². The molecule has 114 valence electrons. The van der Waals surface area contributed by atoms with Crippen LogP contribution in [0.1, 0.15) is 28.4 Å². The highest BCUT2D eigenvalue weighted by Gasteiger charge is 2.23. The summed E-state index contributed by atoms with van der Waals surface area (Å²) < 4.78 is 40.8. The Bertz CT molecular complexity index is 744. The first kappa shape index (κ1) is 16.0. The first-order chi connectivity index (χ1) is 9.83. The number of rotatable bonds is 5. The van der Waals surface area contributed by atoms with Crippen molar-refractivity contribution in [3.05, 3.63) is 45.7 Å². The van der Waals surface area contributed by atoms with Crippen molar-refractivity contribution in [3.63, 3.8) is 0 Å². The molecule has 1 aromatic carbocycles. The Labute approximate surface area is 127 Å². The van der Waals surface area contributed by atoms with Gasteiger partial charge in [0.1, 0.15) is 15.7 Å². The molecule has 2 rings (SSSR count). The van der Waals surface area contributed by atoms with E-state index in [1.54, 1.807) is 13.1 Å². The SMILES string of the molecule is Cc1cnc(C(C)NS(=O)(=O)c2ccc(CN)cc2F)s1. The lowest BCUT2D eigenvalue weighted by Crippen LogP contribution is -2.27. The van der Waals surface area contributed by atoms with Crippen molar-refractivity contribution in [3.8, 4) is 0 Å². The Hall–Kier alpha value is -1.35. The van der Waals surface area contributed by atoms with E-state index in [2.05, 4.69) is 9.71 Å². The Morgan fingerprint density at radius 2 is 2.19 bits per heavy atom. The second-order valence-electron chi connectivity index (χ2n) is 4.62. The van der Waals surface area contributed by atoms with E-state index >= 15 is 0 Å². The lowest BCUT2D eigenvalue weighted by molar-refractivity contribution is 0.546. The van der Waals surface area contributed by atoms with E-state index in [1.807, 2.05) is 6.92 Å². The van der Waals surface area contributed by atoms with Crippen molar-refractivity contribution in [1.29, 1.82) is 0 Å². The summed E-state index contributed by atoms with van der Waals surface area (Å²) in [5, 5.41) is 0.634. The van der Waals surface area contributed by atoms with Crippen molar-refractivity contribution < 1.29 is 12.8 Å². The number of nitrogens with zero attached hydrogens (tertiary/aromatic N) is 1. The second kappa shape index (κ2) is 6.18. The van der Waals surface area contributed by atoms with Crippen LogP contribution in [-0.2, 0) is 16.6 Å². The van der Waals surface area contributed by atoms with Crippen molar-refractivity contribution in [2.75, 3.05) is 0 Å². The van der Waals surface area contributed by atoms with Gasteiger partial charge in [0.2, 0.25) is 10.0 Å². The summed E-state index contributed by atoms with van der Waals surface area (Å²) in [6, 6.07) is 3.32. The lowest BCUT2D eigenvalue weighted by atomic mass is 10.2. The van der Waals surface area contributed by atoms with Crippen molar-refractivity contribution >= 4 is 21.4 Å². The molecule has 0 aliphatic heterocycles. The lowest BCUT2D eigenvalue weighted by Gasteiger charge is -2.13. The van der Waals surface area contributed by atoms with Crippen LogP contribution < -0.4 is 10.5 Å². The van der Waals surface area contributed by atoms with Gasteiger partial charge in [-0.2, -0.15) is 0 Å². The van der Waals surface area contributed by atoms with Gasteiger partial charge in [-0.15, -0.1) is 11.3 Å². The molecular formula is C13H16FN3O2S2. The zero-order valence-corrected chi connectivity index (χ0v) is 13.3. The molecule has 0 fully saturated rings. The molecule has 8 heteroatoms. The summed E-state index contributed by atoms with van der Waals surface area (Å²) >= 11 is 1.39. The van der Waals surface area contributed by atoms with Crippen LogP contribution in [-0.4, -0.2) is 13.4 Å². The number of benzene rings is 1. The van der Waals surface area contributed by atoms with Gasteiger partial charge in [-0.1, -0.05) is 6.07 Å². The Balaban J connectivity index is 2.26. The summed E-state index contributed by atoms with van der Waals surface area (Å²) in [5.74, 6) is -0.812. The van der Waals surface area contributed by atoms with Gasteiger partial charge < -0.3 is 5.73 Å². The first-order valence-corrected chi connectivity index (χ1v) is 8.56. The number of nitrogens with one attached hydrogen (secondary N) is 1. The number of sulfonamides is 1. The molecule has 0 bridgehead atoms. The number of aromatic nitrogens is 1. The van der Waals surface area contributed by atoms with E-state index in [0.717, 1.165) is 10.9 Å². The Kier molecular flexibility index (Phi) is 4.72. The summed E-state index contributed by atoms with van der Waals surface area (Å²) in [7, 11) is -3.95. The molecule has 5 nitrogen and oxygen atoms in total. The zero-order valence-electron chi connectivity index (χ0n) is 11.6. The monoisotopic (exact) mass is 329 g/mol. The number of thiazole rings is 1. The van der Waals surface area contributed by atoms with Crippen LogP contribution >= 0.6 is 11.3 Å². The van der Waals surface area contributed by atoms with Gasteiger partial charge >= 0.3 is 0 Å². The standard InChI is InChI=1S/C13H16FN3O2S2/c1-8-7-16-13(20-8)9(2)17-21(18,19)12-4-3-10(6-15)5-11(12)14/h3-5,7,9,17H,6,15H2,1-2H3. The fourth-order valence-electron chi connectivity index (χ4n) is 1.81. The minimum absolute atomic E-state index is 0.152. The van der Waals surface area contributed by atoms with Crippen LogP contribution in [0.4, 0.5) is 4.39 Å². The number of aryl methyl sites for hydroxylation is 1. The van der Waals surface area contributed by atoms with Crippen LogP contribution in [0.5, 0.6) is 0 Å². The van der Waals surface area contributed by atoms with Gasteiger partial charge in [-0.05, 0) is 31.5 Å². The number of hydrogen-bond acceptors (Lipinski definition) is 5. The maximum atomic E-state index is 13.9. The topological polar surface area (TPSA) is 85.1 Å². The van der Waals surface area contributed by atoms with Crippen molar-refractivity contribution in [1.82, 2.24) is 9.71 Å². The highest BCUT2D eigenvalue weighted by atomic mass is 32.2. The number of nitrogens with two attached hydrogens (primary N) is 1. The van der Waals surface area contributed by atoms with Gasteiger partial charge in [0.15, 0.2) is 0 Å². The largest absolute Gasteiger partial charge is 0.326 e. The molecule has 0 aliphatic rings. The van der Waals surface area contributed by atoms with Gasteiger partial charge in [0, 0.05) is 17.6 Å². The Morgan fingerprint density at radius 3 is 2.71 bits per heavy atom. The molecular weight excluding hydrogens is 313 g/mol. The Morgan fingerprint density at radius 1 is 1.48 bits per heavy atom. The van der Waals surface area contributed by atoms with Gasteiger partial charge in [-0.3, -0.25) is 0 Å². The third-order valence-electron chi connectivity index (χ3n) is 2.86. The number of hydrogen-bond donors (Lipinski definition) is 2. The van der Waals surface area contributed by atoms with E-state index in [-0.39, 0.29) is 11.4 Å². The van der Waals surface area contributed by atoms with Gasteiger partial charge in [-0.25, -0.2) is 22.5 Å². The highest BCUT2D eigenvalue weighted by Crippen LogP contribution is 2.22. The van der Waals surface area contributed by atoms with E-state index < -0.39 is 21.9 Å². The maximum Gasteiger partial charge on any atom is 0.244 e. The van der Waals surface area contributed by atoms with Crippen LogP contribution in [0.25, 0.3) is 0 Å². The van der Waals surface area contributed by atoms with Crippen LogP contribution in [0.2, 0.25) is 0 Å². The smallest absolute Gasteiger partial charge is 0.244 e. The molecule has 1 aromatic heterocycles. The molecule has 0 amide bonds. The van der Waals surface area contributed by atoms with Crippen LogP contribution in [0.3, 0.4) is 0 Å².